The van der Waals surface area contributed by atoms with Crippen molar-refractivity contribution in [1.82, 2.24) is 5.32 Å². The second-order valence-corrected chi connectivity index (χ2v) is 2.81. The van der Waals surface area contributed by atoms with Crippen LogP contribution in [0.2, 0.25) is 0 Å². The monoisotopic (exact) mass is 147 g/mol. The number of hydrogen-bond acceptors (Lipinski definition) is 2. The number of nitrogens with one attached hydrogen (secondary N) is 1. The second kappa shape index (κ2) is 1.96. The van der Waals surface area contributed by atoms with E-state index in [1.807, 2.05) is 0 Å². The van der Waals surface area contributed by atoms with Crippen molar-refractivity contribution in [2.45, 2.75) is 12.8 Å². The molecule has 0 atom stereocenters. The van der Waals surface area contributed by atoms with Crippen LogP contribution in [0, 0.1) is 5.41 Å². The van der Waals surface area contributed by atoms with E-state index in [4.69, 9.17) is 0 Å². The number of rotatable bonds is 0. The van der Waals surface area contributed by atoms with Gasteiger partial charge in [-0.05, 0) is 6.42 Å². The molecule has 0 aromatic rings. The standard InChI is InChI=1S/C6H9NO.ClH/c8-5-1-2-6(5)3-7-4-6;/h7H,1-4H2;1H. The van der Waals surface area contributed by atoms with Gasteiger partial charge in [0, 0.05) is 19.5 Å². The third kappa shape index (κ3) is 0.700. The van der Waals surface area contributed by atoms with E-state index in [2.05, 4.69) is 5.32 Å². The average molecular weight is 148 g/mol. The van der Waals surface area contributed by atoms with Gasteiger partial charge in [0.15, 0.2) is 0 Å². The summed E-state index contributed by atoms with van der Waals surface area (Å²) in [6.07, 6.45) is 1.97. The highest BCUT2D eigenvalue weighted by molar-refractivity contribution is 5.91. The number of carbonyl (C=O) groups excluding carboxylic acids is 1. The molecule has 3 heteroatoms. The van der Waals surface area contributed by atoms with Crippen molar-refractivity contribution >= 4 is 18.2 Å². The summed E-state index contributed by atoms with van der Waals surface area (Å²) in [7, 11) is 0. The molecule has 2 aliphatic rings. The van der Waals surface area contributed by atoms with Crippen LogP contribution in [-0.2, 0) is 4.79 Å². The molecule has 0 aromatic heterocycles. The normalized spacial score (nSPS) is 28.2. The molecule has 1 saturated heterocycles. The Balaban J connectivity index is 0.000000405. The summed E-state index contributed by atoms with van der Waals surface area (Å²) < 4.78 is 0. The molecule has 9 heavy (non-hydrogen) atoms. The first-order valence-electron chi connectivity index (χ1n) is 3.08. The fraction of sp³-hybridized carbons (Fsp3) is 0.833. The minimum absolute atomic E-state index is 0. The molecule has 0 radical (unpaired) electrons. The maximum atomic E-state index is 10.8. The van der Waals surface area contributed by atoms with Crippen LogP contribution in [0.15, 0.2) is 0 Å². The highest BCUT2D eigenvalue weighted by Crippen LogP contribution is 2.39. The Hall–Kier alpha value is -0.0800. The molecule has 1 aliphatic heterocycles. The van der Waals surface area contributed by atoms with Crippen LogP contribution in [0.1, 0.15) is 12.8 Å². The Morgan fingerprint density at radius 3 is 2.11 bits per heavy atom. The van der Waals surface area contributed by atoms with Crippen LogP contribution in [0.3, 0.4) is 0 Å². The Morgan fingerprint density at radius 2 is 2.11 bits per heavy atom. The first kappa shape index (κ1) is 7.03. The van der Waals surface area contributed by atoms with Gasteiger partial charge in [-0.3, -0.25) is 4.79 Å². The smallest absolute Gasteiger partial charge is 0.141 e. The molecule has 0 aromatic carbocycles. The summed E-state index contributed by atoms with van der Waals surface area (Å²) in [6.45, 7) is 1.90. The Bertz CT molecular complexity index is 136. The summed E-state index contributed by atoms with van der Waals surface area (Å²) in [6, 6.07) is 0. The first-order valence-corrected chi connectivity index (χ1v) is 3.08. The van der Waals surface area contributed by atoms with E-state index in [9.17, 15) is 4.79 Å². The van der Waals surface area contributed by atoms with Crippen molar-refractivity contribution in [1.29, 1.82) is 0 Å². The van der Waals surface area contributed by atoms with Gasteiger partial charge in [-0.15, -0.1) is 12.4 Å². The van der Waals surface area contributed by atoms with E-state index < -0.39 is 0 Å². The van der Waals surface area contributed by atoms with Gasteiger partial charge in [-0.2, -0.15) is 0 Å². The second-order valence-electron chi connectivity index (χ2n) is 2.81. The molecule has 0 bridgehead atoms. The molecular formula is C6H10ClNO. The number of carbonyl (C=O) groups is 1. The van der Waals surface area contributed by atoms with Gasteiger partial charge < -0.3 is 5.32 Å². The van der Waals surface area contributed by atoms with Gasteiger partial charge in [-0.1, -0.05) is 0 Å². The fourth-order valence-corrected chi connectivity index (χ4v) is 1.38. The van der Waals surface area contributed by atoms with Crippen molar-refractivity contribution in [3.8, 4) is 0 Å². The minimum Gasteiger partial charge on any atom is -0.315 e. The Labute approximate surface area is 60.4 Å². The van der Waals surface area contributed by atoms with Crippen LogP contribution in [0.4, 0.5) is 0 Å². The lowest BCUT2D eigenvalue weighted by atomic mass is 9.63. The molecule has 0 amide bonds. The van der Waals surface area contributed by atoms with Crippen LogP contribution in [0.5, 0.6) is 0 Å². The maximum Gasteiger partial charge on any atom is 0.141 e. The number of ketones is 1. The number of hydrogen-bond donors (Lipinski definition) is 1. The van der Waals surface area contributed by atoms with Crippen LogP contribution < -0.4 is 5.32 Å². The van der Waals surface area contributed by atoms with Crippen LogP contribution >= 0.6 is 12.4 Å². The summed E-state index contributed by atoms with van der Waals surface area (Å²) in [5, 5.41) is 3.11. The first-order chi connectivity index (χ1) is 3.83. The molecule has 52 valence electrons. The molecule has 1 saturated carbocycles. The third-order valence-electron chi connectivity index (χ3n) is 2.35. The van der Waals surface area contributed by atoms with Gasteiger partial charge in [0.05, 0.1) is 5.41 Å². The molecule has 1 N–H and O–H groups in total. The van der Waals surface area contributed by atoms with Crippen molar-refractivity contribution in [3.05, 3.63) is 0 Å². The summed E-state index contributed by atoms with van der Waals surface area (Å²) in [5.41, 5.74) is 0.153. The largest absolute Gasteiger partial charge is 0.315 e. The Kier molecular flexibility index (Phi) is 1.53. The van der Waals surface area contributed by atoms with Crippen LogP contribution in [-0.4, -0.2) is 18.9 Å². The van der Waals surface area contributed by atoms with Gasteiger partial charge >= 0.3 is 0 Å². The van der Waals surface area contributed by atoms with Gasteiger partial charge in [0.2, 0.25) is 0 Å². The van der Waals surface area contributed by atoms with E-state index in [1.54, 1.807) is 0 Å². The topological polar surface area (TPSA) is 29.1 Å². The molecular weight excluding hydrogens is 138 g/mol. The van der Waals surface area contributed by atoms with Crippen molar-refractivity contribution in [2.24, 2.45) is 5.41 Å². The predicted octanol–water partition coefficient (Wildman–Crippen LogP) is 0.361. The molecule has 2 nitrogen and oxygen atoms in total. The fourth-order valence-electron chi connectivity index (χ4n) is 1.38. The number of halogens is 1. The summed E-state index contributed by atoms with van der Waals surface area (Å²) >= 11 is 0. The maximum absolute atomic E-state index is 10.8. The molecule has 2 fully saturated rings. The molecule has 1 aliphatic carbocycles. The Morgan fingerprint density at radius 1 is 1.44 bits per heavy atom. The van der Waals surface area contributed by atoms with Crippen molar-refractivity contribution in [3.63, 3.8) is 0 Å². The van der Waals surface area contributed by atoms with E-state index in [0.717, 1.165) is 25.9 Å². The number of Topliss-reactive ketones (excluding diaryl/α,β-unsaturated/α-hetero) is 1. The molecule has 1 spiro atoms. The zero-order valence-electron chi connectivity index (χ0n) is 5.14. The minimum atomic E-state index is 0. The lowest BCUT2D eigenvalue weighted by Gasteiger charge is -2.47. The predicted molar refractivity (Wildman–Crippen MR) is 36.8 cm³/mol. The molecule has 2 rings (SSSR count). The van der Waals surface area contributed by atoms with Crippen LogP contribution in [0.25, 0.3) is 0 Å². The van der Waals surface area contributed by atoms with E-state index in [0.29, 0.717) is 5.78 Å². The zero-order chi connectivity index (χ0) is 5.61. The van der Waals surface area contributed by atoms with Crippen molar-refractivity contribution < 1.29 is 4.79 Å². The average Bonchev–Trinajstić information content (AvgIpc) is 1.58. The molecule has 0 unspecified atom stereocenters. The highest BCUT2D eigenvalue weighted by Gasteiger charge is 2.50. The summed E-state index contributed by atoms with van der Waals surface area (Å²) in [4.78, 5) is 10.8. The SMILES string of the molecule is Cl.O=C1CCC12CNC2. The third-order valence-corrected chi connectivity index (χ3v) is 2.35. The van der Waals surface area contributed by atoms with Gasteiger partial charge in [-0.25, -0.2) is 0 Å². The molecule has 1 heterocycles. The highest BCUT2D eigenvalue weighted by atomic mass is 35.5. The summed E-state index contributed by atoms with van der Waals surface area (Å²) in [5.74, 6) is 0.483. The quantitative estimate of drug-likeness (QED) is 0.536. The zero-order valence-corrected chi connectivity index (χ0v) is 5.96. The van der Waals surface area contributed by atoms with E-state index in [1.165, 1.54) is 0 Å². The lowest BCUT2D eigenvalue weighted by molar-refractivity contribution is -0.142. The van der Waals surface area contributed by atoms with Gasteiger partial charge in [0.25, 0.3) is 0 Å². The van der Waals surface area contributed by atoms with Gasteiger partial charge in [0.1, 0.15) is 5.78 Å². The van der Waals surface area contributed by atoms with E-state index in [-0.39, 0.29) is 17.8 Å². The lowest BCUT2D eigenvalue weighted by Crippen LogP contribution is -2.63. The van der Waals surface area contributed by atoms with Crippen molar-refractivity contribution in [2.75, 3.05) is 13.1 Å². The van der Waals surface area contributed by atoms with E-state index >= 15 is 0 Å².